The molecule has 20 heavy (non-hydrogen) atoms. The van der Waals surface area contributed by atoms with Crippen LogP contribution in [0, 0.1) is 0 Å². The lowest BCUT2D eigenvalue weighted by molar-refractivity contribution is -0.0328. The molecule has 9 heteroatoms. The van der Waals surface area contributed by atoms with Crippen LogP contribution in [0.2, 0.25) is 0 Å². The molecule has 0 aliphatic heterocycles. The maximum absolute atomic E-state index is 12.1. The van der Waals surface area contributed by atoms with E-state index in [1.807, 2.05) is 0 Å². The average molecular weight is 302 g/mol. The number of halogens is 3. The second-order valence-electron chi connectivity index (χ2n) is 3.69. The maximum Gasteiger partial charge on any atom is 0.446 e. The second-order valence-corrected chi connectivity index (χ2v) is 4.83. The van der Waals surface area contributed by atoms with Crippen LogP contribution in [0.25, 0.3) is 0 Å². The van der Waals surface area contributed by atoms with Gasteiger partial charge in [-0.1, -0.05) is 0 Å². The van der Waals surface area contributed by atoms with E-state index in [9.17, 15) is 18.0 Å². The molecule has 1 aromatic heterocycles. The van der Waals surface area contributed by atoms with Gasteiger partial charge in [0.05, 0.1) is 6.54 Å². The molecule has 2 rings (SSSR count). The van der Waals surface area contributed by atoms with E-state index in [1.54, 1.807) is 0 Å². The molecule has 0 bridgehead atoms. The zero-order chi connectivity index (χ0) is 14.6. The standard InChI is InChI=1S/C11H9F3N4OS/c12-11(13,14)20-8-3-1-7(2-4-8)10(19)15-5-9-16-6-17-18-9/h1-4,6H,5H2,(H,15,19)(H,16,17,18). The van der Waals surface area contributed by atoms with E-state index >= 15 is 0 Å². The number of hydrogen-bond acceptors (Lipinski definition) is 4. The monoisotopic (exact) mass is 302 g/mol. The fourth-order valence-electron chi connectivity index (χ4n) is 1.39. The van der Waals surface area contributed by atoms with E-state index < -0.39 is 11.4 Å². The third-order valence-electron chi connectivity index (χ3n) is 2.23. The largest absolute Gasteiger partial charge is 0.446 e. The van der Waals surface area contributed by atoms with Gasteiger partial charge in [-0.2, -0.15) is 18.3 Å². The summed E-state index contributed by atoms with van der Waals surface area (Å²) in [6, 6.07) is 5.18. The fraction of sp³-hybridized carbons (Fsp3) is 0.182. The fourth-order valence-corrected chi connectivity index (χ4v) is 1.93. The van der Waals surface area contributed by atoms with Gasteiger partial charge in [-0.3, -0.25) is 9.89 Å². The highest BCUT2D eigenvalue weighted by Crippen LogP contribution is 2.36. The highest BCUT2D eigenvalue weighted by atomic mass is 32.2. The summed E-state index contributed by atoms with van der Waals surface area (Å²) in [5.41, 5.74) is -4.06. The van der Waals surface area contributed by atoms with Crippen molar-refractivity contribution >= 4 is 17.7 Å². The normalized spacial score (nSPS) is 11.3. The maximum atomic E-state index is 12.1. The van der Waals surface area contributed by atoms with Crippen LogP contribution in [-0.2, 0) is 6.54 Å². The number of rotatable bonds is 4. The molecule has 0 saturated heterocycles. The van der Waals surface area contributed by atoms with Gasteiger partial charge in [-0.25, -0.2) is 4.98 Å². The quantitative estimate of drug-likeness (QED) is 0.851. The minimum absolute atomic E-state index is 0.0317. The summed E-state index contributed by atoms with van der Waals surface area (Å²) >= 11 is -0.222. The van der Waals surface area contributed by atoms with Crippen molar-refractivity contribution in [2.75, 3.05) is 0 Å². The van der Waals surface area contributed by atoms with Crippen LogP contribution in [0.1, 0.15) is 16.2 Å². The molecule has 0 saturated carbocycles. The number of thioether (sulfide) groups is 1. The van der Waals surface area contributed by atoms with Crippen molar-refractivity contribution in [3.63, 3.8) is 0 Å². The van der Waals surface area contributed by atoms with Gasteiger partial charge in [0.2, 0.25) is 0 Å². The van der Waals surface area contributed by atoms with E-state index in [0.717, 1.165) is 0 Å². The predicted octanol–water partition coefficient (Wildman–Crippen LogP) is 2.35. The van der Waals surface area contributed by atoms with Crippen LogP contribution < -0.4 is 5.32 Å². The van der Waals surface area contributed by atoms with Crippen molar-refractivity contribution < 1.29 is 18.0 Å². The van der Waals surface area contributed by atoms with Crippen LogP contribution in [-0.4, -0.2) is 26.6 Å². The summed E-state index contributed by atoms with van der Waals surface area (Å²) in [6.45, 7) is 0.165. The van der Waals surface area contributed by atoms with Crippen molar-refractivity contribution in [1.29, 1.82) is 0 Å². The number of aromatic amines is 1. The Morgan fingerprint density at radius 1 is 1.30 bits per heavy atom. The van der Waals surface area contributed by atoms with Crippen LogP contribution in [0.5, 0.6) is 0 Å². The Labute approximate surface area is 116 Å². The van der Waals surface area contributed by atoms with E-state index in [-0.39, 0.29) is 28.8 Å². The van der Waals surface area contributed by atoms with Crippen molar-refractivity contribution in [2.24, 2.45) is 0 Å². The molecule has 0 fully saturated rings. The first-order valence-corrected chi connectivity index (χ1v) is 6.24. The van der Waals surface area contributed by atoms with Gasteiger partial charge < -0.3 is 5.32 Å². The molecular weight excluding hydrogens is 293 g/mol. The topological polar surface area (TPSA) is 70.7 Å². The minimum Gasteiger partial charge on any atom is -0.345 e. The first kappa shape index (κ1) is 14.4. The minimum atomic E-state index is -4.34. The number of benzene rings is 1. The van der Waals surface area contributed by atoms with Gasteiger partial charge in [-0.15, -0.1) is 0 Å². The molecule has 5 nitrogen and oxygen atoms in total. The van der Waals surface area contributed by atoms with E-state index in [1.165, 1.54) is 30.6 Å². The lowest BCUT2D eigenvalue weighted by atomic mass is 10.2. The number of hydrogen-bond donors (Lipinski definition) is 2. The number of carbonyl (C=O) groups is 1. The first-order chi connectivity index (χ1) is 9.44. The molecule has 106 valence electrons. The number of nitrogens with one attached hydrogen (secondary N) is 2. The SMILES string of the molecule is O=C(NCc1ncn[nH]1)c1ccc(SC(F)(F)F)cc1. The van der Waals surface area contributed by atoms with Crippen molar-refractivity contribution in [2.45, 2.75) is 16.9 Å². The Hall–Kier alpha value is -2.03. The molecule has 0 spiro atoms. The Kier molecular flexibility index (Phi) is 4.28. The van der Waals surface area contributed by atoms with Crippen LogP contribution in [0.3, 0.4) is 0 Å². The van der Waals surface area contributed by atoms with E-state index in [4.69, 9.17) is 0 Å². The van der Waals surface area contributed by atoms with Crippen LogP contribution in [0.15, 0.2) is 35.5 Å². The van der Waals surface area contributed by atoms with Gasteiger partial charge in [0, 0.05) is 10.5 Å². The predicted molar refractivity (Wildman–Crippen MR) is 65.9 cm³/mol. The Morgan fingerprint density at radius 2 is 2.00 bits per heavy atom. The third-order valence-corrected chi connectivity index (χ3v) is 2.97. The average Bonchev–Trinajstić information content (AvgIpc) is 2.88. The highest BCUT2D eigenvalue weighted by molar-refractivity contribution is 8.00. The molecular formula is C11H9F3N4OS. The summed E-state index contributed by atoms with van der Waals surface area (Å²) in [7, 11) is 0. The number of aromatic nitrogens is 3. The van der Waals surface area contributed by atoms with Crippen LogP contribution in [0.4, 0.5) is 13.2 Å². The smallest absolute Gasteiger partial charge is 0.345 e. The number of nitrogens with zero attached hydrogens (tertiary/aromatic N) is 2. The number of H-pyrrole nitrogens is 1. The van der Waals surface area contributed by atoms with Gasteiger partial charge in [0.1, 0.15) is 12.2 Å². The summed E-state index contributed by atoms with van der Waals surface area (Å²) < 4.78 is 36.4. The third kappa shape index (κ3) is 4.26. The zero-order valence-corrected chi connectivity index (χ0v) is 10.8. The zero-order valence-electron chi connectivity index (χ0n) is 9.94. The molecule has 0 radical (unpaired) electrons. The molecule has 1 aromatic carbocycles. The summed E-state index contributed by atoms with van der Waals surface area (Å²) in [5.74, 6) is 0.0903. The Morgan fingerprint density at radius 3 is 2.55 bits per heavy atom. The van der Waals surface area contributed by atoms with Gasteiger partial charge in [0.15, 0.2) is 0 Å². The lowest BCUT2D eigenvalue weighted by Gasteiger charge is -2.06. The Balaban J connectivity index is 1.93. The number of alkyl halides is 3. The molecule has 1 amide bonds. The highest BCUT2D eigenvalue weighted by Gasteiger charge is 2.29. The summed E-state index contributed by atoms with van der Waals surface area (Å²) in [4.78, 5) is 15.6. The molecule has 0 aliphatic rings. The number of carbonyl (C=O) groups excluding carboxylic acids is 1. The van der Waals surface area contributed by atoms with Gasteiger partial charge >= 0.3 is 5.51 Å². The molecule has 2 aromatic rings. The lowest BCUT2D eigenvalue weighted by Crippen LogP contribution is -2.23. The Bertz CT molecular complexity index is 568. The van der Waals surface area contributed by atoms with Crippen LogP contribution >= 0.6 is 11.8 Å². The van der Waals surface area contributed by atoms with E-state index in [2.05, 4.69) is 20.5 Å². The van der Waals surface area contributed by atoms with Crippen molar-refractivity contribution in [3.05, 3.63) is 42.0 Å². The van der Waals surface area contributed by atoms with Crippen molar-refractivity contribution in [3.8, 4) is 0 Å². The molecule has 0 aliphatic carbocycles. The molecule has 1 heterocycles. The van der Waals surface area contributed by atoms with Gasteiger partial charge in [-0.05, 0) is 36.0 Å². The molecule has 2 N–H and O–H groups in total. The van der Waals surface area contributed by atoms with Gasteiger partial charge in [0.25, 0.3) is 5.91 Å². The summed E-state index contributed by atoms with van der Waals surface area (Å²) in [6.07, 6.45) is 1.31. The van der Waals surface area contributed by atoms with Crippen molar-refractivity contribution in [1.82, 2.24) is 20.5 Å². The molecule has 0 atom stereocenters. The van der Waals surface area contributed by atoms with E-state index in [0.29, 0.717) is 5.82 Å². The summed E-state index contributed by atoms with van der Waals surface area (Å²) in [5, 5.41) is 8.76. The number of amides is 1. The second kappa shape index (κ2) is 5.95. The first-order valence-electron chi connectivity index (χ1n) is 5.42. The molecule has 0 unspecified atom stereocenters.